The van der Waals surface area contributed by atoms with Gasteiger partial charge >= 0.3 is 0 Å². The van der Waals surface area contributed by atoms with E-state index in [0.29, 0.717) is 5.75 Å². The van der Waals surface area contributed by atoms with Gasteiger partial charge in [-0.15, -0.1) is 0 Å². The molecule has 0 atom stereocenters. The van der Waals surface area contributed by atoms with Gasteiger partial charge in [-0.1, -0.05) is 29.8 Å². The number of para-hydroxylation sites is 1. The molecule has 0 aliphatic rings. The van der Waals surface area contributed by atoms with Crippen LogP contribution in [0, 0.1) is 11.3 Å². The number of halogens is 1. The maximum Gasteiger partial charge on any atom is 0.242 e. The van der Waals surface area contributed by atoms with E-state index in [2.05, 4.69) is 0 Å². The molecule has 2 aromatic rings. The minimum atomic E-state index is -3.70. The Bertz CT molecular complexity index is 817. The van der Waals surface area contributed by atoms with E-state index in [0.717, 1.165) is 0 Å². The van der Waals surface area contributed by atoms with Crippen LogP contribution in [0.2, 0.25) is 5.02 Å². The summed E-state index contributed by atoms with van der Waals surface area (Å²) in [5, 5.41) is 9.18. The molecule has 0 unspecified atom stereocenters. The highest BCUT2D eigenvalue weighted by Crippen LogP contribution is 2.21. The molecule has 0 aliphatic carbocycles. The highest BCUT2D eigenvalue weighted by molar-refractivity contribution is 7.89. The van der Waals surface area contributed by atoms with Gasteiger partial charge in [-0.25, -0.2) is 8.42 Å². The second kappa shape index (κ2) is 7.47. The molecular weight excluding hydrogens is 336 g/mol. The largest absolute Gasteiger partial charge is 0.492 e. The molecule has 0 heterocycles. The highest BCUT2D eigenvalue weighted by Gasteiger charge is 2.21. The van der Waals surface area contributed by atoms with Crippen LogP contribution < -0.4 is 4.74 Å². The van der Waals surface area contributed by atoms with Crippen molar-refractivity contribution in [2.75, 3.05) is 20.2 Å². The van der Waals surface area contributed by atoms with E-state index in [1.165, 1.54) is 29.6 Å². The number of likely N-dealkylation sites (N-methyl/N-ethyl adjacent to an activating group) is 1. The van der Waals surface area contributed by atoms with Crippen molar-refractivity contribution >= 4 is 21.6 Å². The predicted molar refractivity (Wildman–Crippen MR) is 87.9 cm³/mol. The third-order valence-corrected chi connectivity index (χ3v) is 5.37. The van der Waals surface area contributed by atoms with E-state index in [1.807, 2.05) is 24.3 Å². The van der Waals surface area contributed by atoms with Crippen LogP contribution in [-0.2, 0) is 10.0 Å². The van der Waals surface area contributed by atoms with Crippen molar-refractivity contribution in [2.45, 2.75) is 4.90 Å². The van der Waals surface area contributed by atoms with Crippen LogP contribution >= 0.6 is 11.6 Å². The van der Waals surface area contributed by atoms with Gasteiger partial charge in [0.1, 0.15) is 18.4 Å². The van der Waals surface area contributed by atoms with Crippen LogP contribution in [0.5, 0.6) is 5.75 Å². The molecule has 0 saturated heterocycles. The fourth-order valence-corrected chi connectivity index (χ4v) is 3.20. The first-order valence-electron chi connectivity index (χ1n) is 6.79. The highest BCUT2D eigenvalue weighted by atomic mass is 35.5. The molecule has 0 aliphatic heterocycles. The lowest BCUT2D eigenvalue weighted by atomic mass is 10.2. The minimum Gasteiger partial charge on any atom is -0.492 e. The normalized spacial score (nSPS) is 11.2. The summed E-state index contributed by atoms with van der Waals surface area (Å²) in [5.74, 6) is 0.677. The van der Waals surface area contributed by atoms with Gasteiger partial charge in [-0.2, -0.15) is 9.57 Å². The van der Waals surface area contributed by atoms with Gasteiger partial charge in [-0.05, 0) is 30.3 Å². The summed E-state index contributed by atoms with van der Waals surface area (Å²) in [4.78, 5) is 0.0284. The van der Waals surface area contributed by atoms with Crippen LogP contribution in [0.3, 0.4) is 0 Å². The molecule has 0 aromatic heterocycles. The first kappa shape index (κ1) is 17.3. The standard InChI is InChI=1S/C16H15ClN2O3S/c1-19(9-10-22-14-5-3-2-4-6-14)23(20,21)15-7-8-16(17)13(11-15)12-18/h2-8,11H,9-10H2,1H3. The van der Waals surface area contributed by atoms with Crippen molar-refractivity contribution < 1.29 is 13.2 Å². The van der Waals surface area contributed by atoms with Crippen molar-refractivity contribution in [3.8, 4) is 11.8 Å². The zero-order chi connectivity index (χ0) is 16.9. The van der Waals surface area contributed by atoms with Crippen molar-refractivity contribution in [2.24, 2.45) is 0 Å². The van der Waals surface area contributed by atoms with E-state index in [-0.39, 0.29) is 28.6 Å². The Morgan fingerprint density at radius 3 is 2.57 bits per heavy atom. The summed E-state index contributed by atoms with van der Waals surface area (Å²) in [6.45, 7) is 0.403. The molecule has 120 valence electrons. The number of hydrogen-bond donors (Lipinski definition) is 0. The Balaban J connectivity index is 2.05. The van der Waals surface area contributed by atoms with E-state index in [9.17, 15) is 8.42 Å². The number of nitrogens with zero attached hydrogens (tertiary/aromatic N) is 2. The quantitative estimate of drug-likeness (QED) is 0.803. The lowest BCUT2D eigenvalue weighted by Crippen LogP contribution is -2.31. The lowest BCUT2D eigenvalue weighted by Gasteiger charge is -2.17. The molecule has 0 N–H and O–H groups in total. The fraction of sp³-hybridized carbons (Fsp3) is 0.188. The summed E-state index contributed by atoms with van der Waals surface area (Å²) < 4.78 is 31.6. The van der Waals surface area contributed by atoms with Gasteiger partial charge in [0.05, 0.1) is 15.5 Å². The molecule has 5 nitrogen and oxygen atoms in total. The number of hydrogen-bond acceptors (Lipinski definition) is 4. The van der Waals surface area contributed by atoms with Crippen molar-refractivity contribution in [3.63, 3.8) is 0 Å². The van der Waals surface area contributed by atoms with E-state index >= 15 is 0 Å². The Morgan fingerprint density at radius 1 is 1.22 bits per heavy atom. The maximum atomic E-state index is 12.5. The molecule has 0 bridgehead atoms. The SMILES string of the molecule is CN(CCOc1ccccc1)S(=O)(=O)c1ccc(Cl)c(C#N)c1. The molecule has 2 rings (SSSR count). The van der Waals surface area contributed by atoms with Crippen LogP contribution in [-0.4, -0.2) is 32.9 Å². The summed E-state index contributed by atoms with van der Waals surface area (Å²) in [6, 6.07) is 15.1. The topological polar surface area (TPSA) is 70.4 Å². The number of benzene rings is 2. The van der Waals surface area contributed by atoms with Gasteiger partial charge in [0, 0.05) is 13.6 Å². The van der Waals surface area contributed by atoms with Crippen LogP contribution in [0.1, 0.15) is 5.56 Å². The average molecular weight is 351 g/mol. The molecule has 0 amide bonds. The van der Waals surface area contributed by atoms with E-state index in [4.69, 9.17) is 21.6 Å². The van der Waals surface area contributed by atoms with Crippen molar-refractivity contribution in [1.82, 2.24) is 4.31 Å². The maximum absolute atomic E-state index is 12.5. The monoisotopic (exact) mass is 350 g/mol. The van der Waals surface area contributed by atoms with Crippen LogP contribution in [0.15, 0.2) is 53.4 Å². The lowest BCUT2D eigenvalue weighted by molar-refractivity contribution is 0.287. The number of ether oxygens (including phenoxy) is 1. The van der Waals surface area contributed by atoms with Gasteiger partial charge in [0.15, 0.2) is 0 Å². The molecule has 0 spiro atoms. The molecular formula is C16H15ClN2O3S. The summed E-state index contributed by atoms with van der Waals surface area (Å²) in [6.07, 6.45) is 0. The zero-order valence-corrected chi connectivity index (χ0v) is 14.0. The summed E-state index contributed by atoms with van der Waals surface area (Å²) >= 11 is 5.83. The van der Waals surface area contributed by atoms with Crippen molar-refractivity contribution in [1.29, 1.82) is 5.26 Å². The first-order valence-corrected chi connectivity index (χ1v) is 8.61. The molecule has 0 fully saturated rings. The molecule has 0 saturated carbocycles. The van der Waals surface area contributed by atoms with E-state index < -0.39 is 10.0 Å². The van der Waals surface area contributed by atoms with Gasteiger partial charge < -0.3 is 4.74 Å². The Hall–Kier alpha value is -2.07. The first-order chi connectivity index (χ1) is 10.9. The van der Waals surface area contributed by atoms with E-state index in [1.54, 1.807) is 12.1 Å². The van der Waals surface area contributed by atoms with Crippen LogP contribution in [0.4, 0.5) is 0 Å². The third kappa shape index (κ3) is 4.23. The molecule has 7 heteroatoms. The molecule has 2 aromatic carbocycles. The Morgan fingerprint density at radius 2 is 1.91 bits per heavy atom. The number of rotatable bonds is 6. The average Bonchev–Trinajstić information content (AvgIpc) is 2.56. The summed E-state index contributed by atoms with van der Waals surface area (Å²) in [7, 11) is -2.24. The fourth-order valence-electron chi connectivity index (χ4n) is 1.86. The number of sulfonamides is 1. The second-order valence-electron chi connectivity index (χ2n) is 4.74. The Labute approximate surface area is 140 Å². The Kier molecular flexibility index (Phi) is 5.61. The van der Waals surface area contributed by atoms with Crippen LogP contribution in [0.25, 0.3) is 0 Å². The minimum absolute atomic E-state index is 0.0284. The molecule has 0 radical (unpaired) electrons. The predicted octanol–water partition coefficient (Wildman–Crippen LogP) is 2.91. The van der Waals surface area contributed by atoms with Crippen molar-refractivity contribution in [3.05, 3.63) is 59.1 Å². The number of nitriles is 1. The summed E-state index contributed by atoms with van der Waals surface area (Å²) in [5.41, 5.74) is 0.127. The van der Waals surface area contributed by atoms with Gasteiger partial charge in [-0.3, -0.25) is 0 Å². The third-order valence-electron chi connectivity index (χ3n) is 3.18. The molecule has 23 heavy (non-hydrogen) atoms. The van der Waals surface area contributed by atoms with Gasteiger partial charge in [0.25, 0.3) is 0 Å². The second-order valence-corrected chi connectivity index (χ2v) is 7.19. The zero-order valence-electron chi connectivity index (χ0n) is 12.4. The van der Waals surface area contributed by atoms with Gasteiger partial charge in [0.2, 0.25) is 10.0 Å². The smallest absolute Gasteiger partial charge is 0.242 e.